The lowest BCUT2D eigenvalue weighted by Crippen LogP contribution is -2.28. The van der Waals surface area contributed by atoms with Crippen LogP contribution < -0.4 is 10.6 Å². The molecule has 1 heterocycles. The molecule has 0 aliphatic rings. The monoisotopic (exact) mass is 280 g/mol. The van der Waals surface area contributed by atoms with Gasteiger partial charge in [-0.3, -0.25) is 0 Å². The van der Waals surface area contributed by atoms with Crippen molar-refractivity contribution in [2.75, 3.05) is 5.32 Å². The van der Waals surface area contributed by atoms with E-state index in [9.17, 15) is 4.79 Å². The number of thiophene rings is 1. The molecular weight excluding hydrogens is 268 g/mol. The Kier molecular flexibility index (Phi) is 4.23. The Labute approximate surface area is 115 Å². The molecule has 0 bridgehead atoms. The third kappa shape index (κ3) is 3.24. The molecular formula is C13H13ClN2OS. The van der Waals surface area contributed by atoms with E-state index in [0.717, 1.165) is 10.4 Å². The first-order valence-corrected chi connectivity index (χ1v) is 6.75. The lowest BCUT2D eigenvalue weighted by atomic mass is 10.2. The number of carbonyl (C=O) groups excluding carboxylic acids is 1. The SMILES string of the molecule is Cc1cccc(Cl)c1NC(=O)NCc1cccs1. The summed E-state index contributed by atoms with van der Waals surface area (Å²) in [4.78, 5) is 12.8. The van der Waals surface area contributed by atoms with Crippen molar-refractivity contribution in [2.45, 2.75) is 13.5 Å². The molecule has 94 valence electrons. The summed E-state index contributed by atoms with van der Waals surface area (Å²) in [6.45, 7) is 2.42. The number of urea groups is 1. The second-order valence-electron chi connectivity index (χ2n) is 3.82. The van der Waals surface area contributed by atoms with Crippen LogP contribution in [0.2, 0.25) is 5.02 Å². The molecule has 0 aliphatic heterocycles. The van der Waals surface area contributed by atoms with Gasteiger partial charge in [-0.1, -0.05) is 29.8 Å². The molecule has 2 N–H and O–H groups in total. The molecule has 18 heavy (non-hydrogen) atoms. The average Bonchev–Trinajstić information content (AvgIpc) is 2.84. The van der Waals surface area contributed by atoms with Gasteiger partial charge in [0.25, 0.3) is 0 Å². The van der Waals surface area contributed by atoms with Crippen LogP contribution in [0.15, 0.2) is 35.7 Å². The average molecular weight is 281 g/mol. The summed E-state index contributed by atoms with van der Waals surface area (Å²) in [7, 11) is 0. The van der Waals surface area contributed by atoms with Gasteiger partial charge in [-0.05, 0) is 30.0 Å². The zero-order valence-corrected chi connectivity index (χ0v) is 11.4. The molecule has 0 aliphatic carbocycles. The number of para-hydroxylation sites is 1. The molecule has 0 atom stereocenters. The van der Waals surface area contributed by atoms with Crippen molar-refractivity contribution >= 4 is 34.7 Å². The topological polar surface area (TPSA) is 41.1 Å². The fourth-order valence-electron chi connectivity index (χ4n) is 1.53. The van der Waals surface area contributed by atoms with Gasteiger partial charge in [0.15, 0.2) is 0 Å². The number of carbonyl (C=O) groups is 1. The van der Waals surface area contributed by atoms with Gasteiger partial charge in [0.2, 0.25) is 0 Å². The Morgan fingerprint density at radius 3 is 2.83 bits per heavy atom. The first-order chi connectivity index (χ1) is 8.66. The second-order valence-corrected chi connectivity index (χ2v) is 5.26. The summed E-state index contributed by atoms with van der Waals surface area (Å²) in [6, 6.07) is 9.19. The van der Waals surface area contributed by atoms with Gasteiger partial charge < -0.3 is 10.6 Å². The molecule has 0 saturated heterocycles. The summed E-state index contributed by atoms with van der Waals surface area (Å²) >= 11 is 7.64. The predicted octanol–water partition coefficient (Wildman–Crippen LogP) is 4.03. The summed E-state index contributed by atoms with van der Waals surface area (Å²) in [5.41, 5.74) is 1.59. The first-order valence-electron chi connectivity index (χ1n) is 5.49. The molecule has 1 aromatic heterocycles. The Bertz CT molecular complexity index is 520. The number of rotatable bonds is 3. The smallest absolute Gasteiger partial charge is 0.319 e. The third-order valence-corrected chi connectivity index (χ3v) is 3.66. The zero-order chi connectivity index (χ0) is 13.0. The van der Waals surface area contributed by atoms with E-state index >= 15 is 0 Å². The minimum absolute atomic E-state index is 0.250. The summed E-state index contributed by atoms with van der Waals surface area (Å²) in [5.74, 6) is 0. The number of halogens is 1. The van der Waals surface area contributed by atoms with Crippen LogP contribution in [-0.4, -0.2) is 6.03 Å². The normalized spacial score (nSPS) is 10.1. The number of benzene rings is 1. The van der Waals surface area contributed by atoms with Crippen LogP contribution in [0.3, 0.4) is 0 Å². The number of amides is 2. The van der Waals surface area contributed by atoms with Crippen LogP contribution in [0, 0.1) is 6.92 Å². The maximum atomic E-state index is 11.7. The number of nitrogens with one attached hydrogen (secondary N) is 2. The maximum Gasteiger partial charge on any atom is 0.319 e. The fraction of sp³-hybridized carbons (Fsp3) is 0.154. The lowest BCUT2D eigenvalue weighted by molar-refractivity contribution is 0.252. The summed E-state index contributed by atoms with van der Waals surface area (Å²) < 4.78 is 0. The molecule has 2 rings (SSSR count). The zero-order valence-electron chi connectivity index (χ0n) is 9.87. The number of aryl methyl sites for hydroxylation is 1. The molecule has 0 fully saturated rings. The molecule has 1 aromatic carbocycles. The summed E-state index contributed by atoms with van der Waals surface area (Å²) in [5, 5.41) is 8.08. The fourth-order valence-corrected chi connectivity index (χ4v) is 2.44. The van der Waals surface area contributed by atoms with Crippen molar-refractivity contribution in [3.63, 3.8) is 0 Å². The van der Waals surface area contributed by atoms with Crippen LogP contribution in [0.1, 0.15) is 10.4 Å². The molecule has 0 radical (unpaired) electrons. The van der Waals surface area contributed by atoms with E-state index in [-0.39, 0.29) is 6.03 Å². The maximum absolute atomic E-state index is 11.7. The van der Waals surface area contributed by atoms with Gasteiger partial charge in [-0.25, -0.2) is 4.79 Å². The Morgan fingerprint density at radius 1 is 1.33 bits per heavy atom. The molecule has 5 heteroatoms. The highest BCUT2D eigenvalue weighted by molar-refractivity contribution is 7.09. The minimum atomic E-state index is -0.250. The molecule has 2 aromatic rings. The molecule has 3 nitrogen and oxygen atoms in total. The van der Waals surface area contributed by atoms with Gasteiger partial charge in [-0.15, -0.1) is 11.3 Å². The Morgan fingerprint density at radius 2 is 2.17 bits per heavy atom. The number of hydrogen-bond acceptors (Lipinski definition) is 2. The van der Waals surface area contributed by atoms with Crippen molar-refractivity contribution < 1.29 is 4.79 Å². The minimum Gasteiger partial charge on any atom is -0.333 e. The highest BCUT2D eigenvalue weighted by Crippen LogP contribution is 2.24. The van der Waals surface area contributed by atoms with Gasteiger partial charge in [0, 0.05) is 4.88 Å². The lowest BCUT2D eigenvalue weighted by Gasteiger charge is -2.10. The van der Waals surface area contributed by atoms with Crippen LogP contribution >= 0.6 is 22.9 Å². The third-order valence-electron chi connectivity index (χ3n) is 2.46. The van der Waals surface area contributed by atoms with Gasteiger partial charge in [0.1, 0.15) is 0 Å². The standard InChI is InChI=1S/C13H13ClN2OS/c1-9-4-2-6-11(14)12(9)16-13(17)15-8-10-5-3-7-18-10/h2-7H,8H2,1H3,(H2,15,16,17). The van der Waals surface area contributed by atoms with E-state index in [0.29, 0.717) is 17.3 Å². The first kappa shape index (κ1) is 12.9. The van der Waals surface area contributed by atoms with Crippen molar-refractivity contribution in [1.82, 2.24) is 5.32 Å². The molecule has 0 saturated carbocycles. The largest absolute Gasteiger partial charge is 0.333 e. The van der Waals surface area contributed by atoms with Crippen LogP contribution in [-0.2, 0) is 6.54 Å². The van der Waals surface area contributed by atoms with Crippen molar-refractivity contribution in [2.24, 2.45) is 0 Å². The van der Waals surface area contributed by atoms with Crippen LogP contribution in [0.5, 0.6) is 0 Å². The number of hydrogen-bond donors (Lipinski definition) is 2. The Balaban J connectivity index is 1.95. The predicted molar refractivity (Wildman–Crippen MR) is 76.4 cm³/mol. The quantitative estimate of drug-likeness (QED) is 0.875. The van der Waals surface area contributed by atoms with E-state index in [1.807, 2.05) is 36.6 Å². The molecule has 2 amide bonds. The Hall–Kier alpha value is -1.52. The van der Waals surface area contributed by atoms with Crippen LogP contribution in [0.4, 0.5) is 10.5 Å². The van der Waals surface area contributed by atoms with E-state index in [1.54, 1.807) is 17.4 Å². The van der Waals surface area contributed by atoms with Crippen molar-refractivity contribution in [3.8, 4) is 0 Å². The van der Waals surface area contributed by atoms with E-state index < -0.39 is 0 Å². The highest BCUT2D eigenvalue weighted by atomic mass is 35.5. The molecule has 0 spiro atoms. The van der Waals surface area contributed by atoms with Crippen molar-refractivity contribution in [3.05, 3.63) is 51.2 Å². The van der Waals surface area contributed by atoms with Gasteiger partial charge in [-0.2, -0.15) is 0 Å². The van der Waals surface area contributed by atoms with Crippen LogP contribution in [0.25, 0.3) is 0 Å². The van der Waals surface area contributed by atoms with Gasteiger partial charge in [0.05, 0.1) is 17.3 Å². The second kappa shape index (κ2) is 5.89. The number of anilines is 1. The summed E-state index contributed by atoms with van der Waals surface area (Å²) in [6.07, 6.45) is 0. The van der Waals surface area contributed by atoms with E-state index in [1.165, 1.54) is 0 Å². The highest BCUT2D eigenvalue weighted by Gasteiger charge is 2.07. The van der Waals surface area contributed by atoms with E-state index in [2.05, 4.69) is 10.6 Å². The van der Waals surface area contributed by atoms with E-state index in [4.69, 9.17) is 11.6 Å². The molecule has 0 unspecified atom stereocenters. The van der Waals surface area contributed by atoms with Crippen molar-refractivity contribution in [1.29, 1.82) is 0 Å². The van der Waals surface area contributed by atoms with Gasteiger partial charge >= 0.3 is 6.03 Å².